The summed E-state index contributed by atoms with van der Waals surface area (Å²) in [6, 6.07) is 8.16. The highest BCUT2D eigenvalue weighted by atomic mass is 16.6. The summed E-state index contributed by atoms with van der Waals surface area (Å²) in [5, 5.41) is 7.58. The van der Waals surface area contributed by atoms with E-state index in [1.165, 1.54) is 0 Å². The van der Waals surface area contributed by atoms with Gasteiger partial charge in [-0.15, -0.1) is 0 Å². The first kappa shape index (κ1) is 13.9. The summed E-state index contributed by atoms with van der Waals surface area (Å²) in [6.07, 6.45) is 4.34. The van der Waals surface area contributed by atoms with E-state index < -0.39 is 0 Å². The van der Waals surface area contributed by atoms with E-state index in [9.17, 15) is 0 Å². The van der Waals surface area contributed by atoms with Gasteiger partial charge in [0.15, 0.2) is 11.5 Å². The number of fused-ring (bicyclic) bond motifs is 1. The van der Waals surface area contributed by atoms with Crippen molar-refractivity contribution < 1.29 is 9.47 Å². The van der Waals surface area contributed by atoms with Crippen molar-refractivity contribution in [1.82, 2.24) is 20.1 Å². The Labute approximate surface area is 124 Å². The largest absolute Gasteiger partial charge is 0.486 e. The third kappa shape index (κ3) is 3.72. The van der Waals surface area contributed by atoms with Gasteiger partial charge in [0.1, 0.15) is 25.4 Å². The van der Waals surface area contributed by atoms with E-state index in [0.717, 1.165) is 31.0 Å². The zero-order valence-electron chi connectivity index (χ0n) is 12.1. The van der Waals surface area contributed by atoms with Crippen molar-refractivity contribution in [2.45, 2.75) is 32.0 Å². The van der Waals surface area contributed by atoms with Crippen molar-refractivity contribution in [3.63, 3.8) is 0 Å². The molecule has 0 spiro atoms. The van der Waals surface area contributed by atoms with E-state index in [0.29, 0.717) is 12.6 Å². The normalized spacial score (nSPS) is 18.4. The van der Waals surface area contributed by atoms with Gasteiger partial charge in [0, 0.05) is 19.1 Å². The van der Waals surface area contributed by atoms with Gasteiger partial charge < -0.3 is 14.8 Å². The summed E-state index contributed by atoms with van der Waals surface area (Å²) in [5.74, 6) is 1.65. The maximum absolute atomic E-state index is 5.92. The molecule has 0 fully saturated rings. The van der Waals surface area contributed by atoms with E-state index in [2.05, 4.69) is 22.3 Å². The van der Waals surface area contributed by atoms with Crippen molar-refractivity contribution in [2.75, 3.05) is 13.2 Å². The Morgan fingerprint density at radius 1 is 1.38 bits per heavy atom. The summed E-state index contributed by atoms with van der Waals surface area (Å²) in [5.41, 5.74) is 0. The van der Waals surface area contributed by atoms with Gasteiger partial charge in [-0.3, -0.25) is 4.68 Å². The lowest BCUT2D eigenvalue weighted by Gasteiger charge is -2.27. The molecule has 1 aliphatic rings. The van der Waals surface area contributed by atoms with Crippen molar-refractivity contribution >= 4 is 0 Å². The van der Waals surface area contributed by atoms with Gasteiger partial charge in [-0.2, -0.15) is 5.10 Å². The highest BCUT2D eigenvalue weighted by Crippen LogP contribution is 2.30. The topological polar surface area (TPSA) is 61.2 Å². The second-order valence-electron chi connectivity index (χ2n) is 5.25. The molecule has 1 N–H and O–H groups in total. The Kier molecular flexibility index (Phi) is 4.35. The number of hydrogen-bond acceptors (Lipinski definition) is 5. The summed E-state index contributed by atoms with van der Waals surface area (Å²) in [4.78, 5) is 3.94. The SMILES string of the molecule is C[C@@H](CCn1cncn1)NC[C@H]1COc2ccccc2O1. The highest BCUT2D eigenvalue weighted by molar-refractivity contribution is 5.40. The second kappa shape index (κ2) is 6.58. The first-order chi connectivity index (χ1) is 10.3. The molecular formula is C15H20N4O2. The number of benzene rings is 1. The molecule has 112 valence electrons. The highest BCUT2D eigenvalue weighted by Gasteiger charge is 2.20. The van der Waals surface area contributed by atoms with Gasteiger partial charge in [0.2, 0.25) is 0 Å². The van der Waals surface area contributed by atoms with E-state index in [4.69, 9.17) is 9.47 Å². The summed E-state index contributed by atoms with van der Waals surface area (Å²) < 4.78 is 13.5. The number of nitrogens with zero attached hydrogens (tertiary/aromatic N) is 3. The molecule has 0 unspecified atom stereocenters. The van der Waals surface area contributed by atoms with Crippen LogP contribution in [0, 0.1) is 0 Å². The van der Waals surface area contributed by atoms with E-state index in [-0.39, 0.29) is 6.10 Å². The van der Waals surface area contributed by atoms with Crippen LogP contribution in [-0.4, -0.2) is 40.1 Å². The first-order valence-corrected chi connectivity index (χ1v) is 7.25. The molecule has 2 atom stereocenters. The smallest absolute Gasteiger partial charge is 0.161 e. The molecule has 3 rings (SSSR count). The Balaban J connectivity index is 1.41. The molecule has 1 aliphatic heterocycles. The minimum atomic E-state index is 0.0497. The van der Waals surface area contributed by atoms with Crippen LogP contribution in [0.1, 0.15) is 13.3 Å². The summed E-state index contributed by atoms with van der Waals surface area (Å²) >= 11 is 0. The quantitative estimate of drug-likeness (QED) is 0.872. The Hall–Kier alpha value is -2.08. The number of ether oxygens (including phenoxy) is 2. The number of nitrogens with one attached hydrogen (secondary N) is 1. The average Bonchev–Trinajstić information content (AvgIpc) is 3.04. The van der Waals surface area contributed by atoms with Gasteiger partial charge in [0.05, 0.1) is 0 Å². The molecule has 0 bridgehead atoms. The lowest BCUT2D eigenvalue weighted by Crippen LogP contribution is -2.41. The lowest BCUT2D eigenvalue weighted by atomic mass is 10.2. The molecule has 21 heavy (non-hydrogen) atoms. The van der Waals surface area contributed by atoms with Crippen LogP contribution in [0.4, 0.5) is 0 Å². The predicted octanol–water partition coefficient (Wildman–Crippen LogP) is 1.49. The lowest BCUT2D eigenvalue weighted by molar-refractivity contribution is 0.0882. The van der Waals surface area contributed by atoms with Crippen molar-refractivity contribution in [2.24, 2.45) is 0 Å². The molecule has 0 radical (unpaired) electrons. The van der Waals surface area contributed by atoms with Crippen LogP contribution in [0.15, 0.2) is 36.9 Å². The van der Waals surface area contributed by atoms with Crippen LogP contribution in [0.25, 0.3) is 0 Å². The summed E-state index contributed by atoms with van der Waals surface area (Å²) in [7, 11) is 0. The fraction of sp³-hybridized carbons (Fsp3) is 0.467. The van der Waals surface area contributed by atoms with Gasteiger partial charge in [-0.05, 0) is 25.5 Å². The third-order valence-electron chi connectivity index (χ3n) is 3.52. The molecule has 1 aromatic carbocycles. The molecule has 6 heteroatoms. The Bertz CT molecular complexity index is 559. The molecule has 2 heterocycles. The maximum atomic E-state index is 5.92. The standard InChI is InChI=1S/C15H20N4O2/c1-12(6-7-19-11-16-10-18-19)17-8-13-9-20-14-4-2-3-5-15(14)21-13/h2-5,10-13,17H,6-9H2,1H3/t12-,13-/m0/s1. The molecule has 0 saturated carbocycles. The molecule has 1 aromatic heterocycles. The fourth-order valence-corrected chi connectivity index (χ4v) is 2.27. The van der Waals surface area contributed by atoms with Gasteiger partial charge in [-0.25, -0.2) is 4.98 Å². The van der Waals surface area contributed by atoms with Crippen molar-refractivity contribution in [3.8, 4) is 11.5 Å². The zero-order chi connectivity index (χ0) is 14.5. The Morgan fingerprint density at radius 2 is 2.24 bits per heavy atom. The average molecular weight is 288 g/mol. The predicted molar refractivity (Wildman–Crippen MR) is 78.5 cm³/mol. The second-order valence-corrected chi connectivity index (χ2v) is 5.25. The molecular weight excluding hydrogens is 268 g/mol. The van der Waals surface area contributed by atoms with Crippen LogP contribution >= 0.6 is 0 Å². The maximum Gasteiger partial charge on any atom is 0.161 e. The number of aromatic nitrogens is 3. The molecule has 6 nitrogen and oxygen atoms in total. The summed E-state index contributed by atoms with van der Waals surface area (Å²) in [6.45, 7) is 4.38. The van der Waals surface area contributed by atoms with E-state index >= 15 is 0 Å². The van der Waals surface area contributed by atoms with Crippen LogP contribution < -0.4 is 14.8 Å². The molecule has 0 amide bonds. The van der Waals surface area contributed by atoms with Gasteiger partial charge >= 0.3 is 0 Å². The van der Waals surface area contributed by atoms with Crippen LogP contribution in [0.3, 0.4) is 0 Å². The minimum Gasteiger partial charge on any atom is -0.486 e. The number of rotatable bonds is 6. The molecule has 0 aliphatic carbocycles. The number of hydrogen-bond donors (Lipinski definition) is 1. The zero-order valence-corrected chi connectivity index (χ0v) is 12.1. The third-order valence-corrected chi connectivity index (χ3v) is 3.52. The number of aryl methyl sites for hydroxylation is 1. The Morgan fingerprint density at radius 3 is 3.05 bits per heavy atom. The van der Waals surface area contributed by atoms with Crippen molar-refractivity contribution in [1.29, 1.82) is 0 Å². The van der Waals surface area contributed by atoms with Crippen LogP contribution in [-0.2, 0) is 6.54 Å². The monoisotopic (exact) mass is 288 g/mol. The fourth-order valence-electron chi connectivity index (χ4n) is 2.27. The van der Waals surface area contributed by atoms with Crippen LogP contribution in [0.5, 0.6) is 11.5 Å². The van der Waals surface area contributed by atoms with Gasteiger partial charge in [0.25, 0.3) is 0 Å². The minimum absolute atomic E-state index is 0.0497. The van der Waals surface area contributed by atoms with Gasteiger partial charge in [-0.1, -0.05) is 12.1 Å². The van der Waals surface area contributed by atoms with Crippen LogP contribution in [0.2, 0.25) is 0 Å². The molecule has 0 saturated heterocycles. The van der Waals surface area contributed by atoms with E-state index in [1.54, 1.807) is 12.7 Å². The number of para-hydroxylation sites is 2. The molecule has 2 aromatic rings. The van der Waals surface area contributed by atoms with Crippen molar-refractivity contribution in [3.05, 3.63) is 36.9 Å². The van der Waals surface area contributed by atoms with E-state index in [1.807, 2.05) is 28.9 Å². The first-order valence-electron chi connectivity index (χ1n) is 7.25.